The summed E-state index contributed by atoms with van der Waals surface area (Å²) in [7, 11) is -3.33. The van der Waals surface area contributed by atoms with E-state index in [0.717, 1.165) is 22.7 Å². The van der Waals surface area contributed by atoms with Crippen molar-refractivity contribution in [3.8, 4) is 5.75 Å². The molecule has 6 nitrogen and oxygen atoms in total. The van der Waals surface area contributed by atoms with Crippen LogP contribution in [-0.4, -0.2) is 19.2 Å². The number of anilines is 3. The highest BCUT2D eigenvalue weighted by Gasteiger charge is 2.09. The van der Waals surface area contributed by atoms with Crippen LogP contribution in [0.25, 0.3) is 0 Å². The van der Waals surface area contributed by atoms with Crippen molar-refractivity contribution in [3.05, 3.63) is 78.5 Å². The van der Waals surface area contributed by atoms with Crippen molar-refractivity contribution in [1.82, 2.24) is 4.98 Å². The van der Waals surface area contributed by atoms with E-state index in [1.54, 1.807) is 18.3 Å². The Hall–Kier alpha value is -3.06. The Labute approximate surface area is 165 Å². The van der Waals surface area contributed by atoms with Crippen LogP contribution in [0, 0.1) is 0 Å². The summed E-state index contributed by atoms with van der Waals surface area (Å²) in [5, 5.41) is 3.22. The first kappa shape index (κ1) is 19.7. The van der Waals surface area contributed by atoms with Gasteiger partial charge in [0, 0.05) is 5.69 Å². The number of pyridine rings is 1. The molecule has 3 aromatic rings. The Kier molecular flexibility index (Phi) is 6.49. The van der Waals surface area contributed by atoms with Gasteiger partial charge in [0.2, 0.25) is 10.0 Å². The standard InChI is InChI=1S/C21H23N3O3S/c1-2-14-28(25,26)24-21-13-10-19(15-22-21)23-18-8-11-20(12-9-18)27-16-17-6-4-3-5-7-17/h3-13,15,23H,2,14,16H2,1H3,(H,22,24). The largest absolute Gasteiger partial charge is 0.489 e. The van der Waals surface area contributed by atoms with Crippen LogP contribution in [0.2, 0.25) is 0 Å². The quantitative estimate of drug-likeness (QED) is 0.553. The van der Waals surface area contributed by atoms with E-state index < -0.39 is 10.0 Å². The Morgan fingerprint density at radius 2 is 1.64 bits per heavy atom. The number of hydrogen-bond acceptors (Lipinski definition) is 5. The molecule has 146 valence electrons. The van der Waals surface area contributed by atoms with Crippen molar-refractivity contribution in [1.29, 1.82) is 0 Å². The monoisotopic (exact) mass is 397 g/mol. The van der Waals surface area contributed by atoms with Crippen LogP contribution in [0.4, 0.5) is 17.2 Å². The van der Waals surface area contributed by atoms with Crippen LogP contribution in [0.1, 0.15) is 18.9 Å². The maximum absolute atomic E-state index is 11.8. The number of hydrogen-bond donors (Lipinski definition) is 2. The Balaban J connectivity index is 1.55. The topological polar surface area (TPSA) is 80.3 Å². The Morgan fingerprint density at radius 1 is 0.929 bits per heavy atom. The van der Waals surface area contributed by atoms with Gasteiger partial charge >= 0.3 is 0 Å². The molecule has 0 saturated heterocycles. The molecule has 0 aliphatic heterocycles. The average molecular weight is 398 g/mol. The molecule has 0 bridgehead atoms. The summed E-state index contributed by atoms with van der Waals surface area (Å²) in [4.78, 5) is 4.15. The summed E-state index contributed by atoms with van der Waals surface area (Å²) in [6.07, 6.45) is 2.14. The van der Waals surface area contributed by atoms with Crippen LogP contribution >= 0.6 is 0 Å². The highest BCUT2D eigenvalue weighted by molar-refractivity contribution is 7.92. The summed E-state index contributed by atoms with van der Waals surface area (Å²) < 4.78 is 31.8. The summed E-state index contributed by atoms with van der Waals surface area (Å²) in [5.74, 6) is 1.17. The molecule has 0 saturated carbocycles. The van der Waals surface area contributed by atoms with Crippen LogP contribution in [-0.2, 0) is 16.6 Å². The first-order chi connectivity index (χ1) is 13.5. The predicted molar refractivity (Wildman–Crippen MR) is 112 cm³/mol. The molecule has 2 aromatic carbocycles. The lowest BCUT2D eigenvalue weighted by Gasteiger charge is -2.10. The fraction of sp³-hybridized carbons (Fsp3) is 0.190. The third kappa shape index (κ3) is 5.99. The van der Waals surface area contributed by atoms with Crippen molar-refractivity contribution < 1.29 is 13.2 Å². The van der Waals surface area contributed by atoms with Crippen molar-refractivity contribution in [2.75, 3.05) is 15.8 Å². The molecule has 3 rings (SSSR count). The Bertz CT molecular complexity index is 974. The summed E-state index contributed by atoms with van der Waals surface area (Å²) in [6.45, 7) is 2.34. The molecule has 28 heavy (non-hydrogen) atoms. The molecular weight excluding hydrogens is 374 g/mol. The molecule has 0 radical (unpaired) electrons. The lowest BCUT2D eigenvalue weighted by Crippen LogP contribution is -2.16. The van der Waals surface area contributed by atoms with E-state index in [4.69, 9.17) is 4.74 Å². The van der Waals surface area contributed by atoms with Gasteiger partial charge in [0.05, 0.1) is 17.6 Å². The van der Waals surface area contributed by atoms with Crippen LogP contribution in [0.15, 0.2) is 72.9 Å². The van der Waals surface area contributed by atoms with Gasteiger partial charge < -0.3 is 10.1 Å². The zero-order chi connectivity index (χ0) is 19.8. The zero-order valence-electron chi connectivity index (χ0n) is 15.6. The lowest BCUT2D eigenvalue weighted by atomic mass is 10.2. The van der Waals surface area contributed by atoms with Crippen molar-refractivity contribution in [2.45, 2.75) is 20.0 Å². The molecule has 0 spiro atoms. The molecule has 1 heterocycles. The summed E-state index contributed by atoms with van der Waals surface area (Å²) >= 11 is 0. The molecule has 0 fully saturated rings. The molecule has 0 aliphatic carbocycles. The first-order valence-electron chi connectivity index (χ1n) is 9.04. The first-order valence-corrected chi connectivity index (χ1v) is 10.7. The molecule has 7 heteroatoms. The second-order valence-corrected chi connectivity index (χ2v) is 8.12. The highest BCUT2D eigenvalue weighted by atomic mass is 32.2. The van der Waals surface area contributed by atoms with Crippen molar-refractivity contribution >= 4 is 27.2 Å². The SMILES string of the molecule is CCCS(=O)(=O)Nc1ccc(Nc2ccc(OCc3ccccc3)cc2)cn1. The minimum absolute atomic E-state index is 0.0768. The molecule has 0 unspecified atom stereocenters. The normalized spacial score (nSPS) is 11.0. The van der Waals surface area contributed by atoms with Gasteiger partial charge in [0.25, 0.3) is 0 Å². The minimum Gasteiger partial charge on any atom is -0.489 e. The van der Waals surface area contributed by atoms with Crippen molar-refractivity contribution in [2.24, 2.45) is 0 Å². The number of nitrogens with one attached hydrogen (secondary N) is 2. The van der Waals surface area contributed by atoms with Crippen LogP contribution < -0.4 is 14.8 Å². The number of aromatic nitrogens is 1. The van der Waals surface area contributed by atoms with Gasteiger partial charge in [0.1, 0.15) is 18.2 Å². The summed E-state index contributed by atoms with van der Waals surface area (Å²) in [6, 6.07) is 21.0. The predicted octanol–water partition coefficient (Wildman–Crippen LogP) is 4.56. The smallest absolute Gasteiger partial charge is 0.233 e. The van der Waals surface area contributed by atoms with Crippen LogP contribution in [0.3, 0.4) is 0 Å². The van der Waals surface area contributed by atoms with E-state index in [-0.39, 0.29) is 5.75 Å². The number of sulfonamides is 1. The van der Waals surface area contributed by atoms with Gasteiger partial charge in [-0.1, -0.05) is 37.3 Å². The molecule has 0 aliphatic rings. The Morgan fingerprint density at radius 3 is 2.29 bits per heavy atom. The lowest BCUT2D eigenvalue weighted by molar-refractivity contribution is 0.306. The number of benzene rings is 2. The van der Waals surface area contributed by atoms with E-state index in [0.29, 0.717) is 18.8 Å². The highest BCUT2D eigenvalue weighted by Crippen LogP contribution is 2.21. The van der Waals surface area contributed by atoms with Crippen molar-refractivity contribution in [3.63, 3.8) is 0 Å². The molecule has 0 atom stereocenters. The number of rotatable bonds is 9. The maximum atomic E-state index is 11.8. The van der Waals surface area contributed by atoms with E-state index in [1.807, 2.05) is 61.5 Å². The maximum Gasteiger partial charge on any atom is 0.233 e. The van der Waals surface area contributed by atoms with Gasteiger partial charge in [-0.15, -0.1) is 0 Å². The second-order valence-electron chi connectivity index (χ2n) is 6.28. The molecule has 0 amide bonds. The van der Waals surface area contributed by atoms with Crippen LogP contribution in [0.5, 0.6) is 5.75 Å². The van der Waals surface area contributed by atoms with Gasteiger partial charge in [0.15, 0.2) is 0 Å². The van der Waals surface area contributed by atoms with E-state index in [9.17, 15) is 8.42 Å². The zero-order valence-corrected chi connectivity index (χ0v) is 16.4. The molecule has 2 N–H and O–H groups in total. The number of nitrogens with zero attached hydrogens (tertiary/aromatic N) is 1. The van der Waals surface area contributed by atoms with E-state index in [1.165, 1.54) is 0 Å². The van der Waals surface area contributed by atoms with Gasteiger partial charge in [-0.3, -0.25) is 4.72 Å². The third-order valence-electron chi connectivity index (χ3n) is 3.89. The molecular formula is C21H23N3O3S. The third-order valence-corrected chi connectivity index (χ3v) is 5.35. The van der Waals surface area contributed by atoms with E-state index in [2.05, 4.69) is 15.0 Å². The summed E-state index contributed by atoms with van der Waals surface area (Å²) in [5.41, 5.74) is 2.76. The van der Waals surface area contributed by atoms with Gasteiger partial charge in [-0.25, -0.2) is 13.4 Å². The van der Waals surface area contributed by atoms with Gasteiger partial charge in [-0.2, -0.15) is 0 Å². The second kappa shape index (κ2) is 9.23. The van der Waals surface area contributed by atoms with E-state index >= 15 is 0 Å². The molecule has 1 aromatic heterocycles. The fourth-order valence-electron chi connectivity index (χ4n) is 2.55. The fourth-order valence-corrected chi connectivity index (χ4v) is 3.63. The minimum atomic E-state index is -3.33. The number of ether oxygens (including phenoxy) is 1. The average Bonchev–Trinajstić information content (AvgIpc) is 2.69. The van der Waals surface area contributed by atoms with Gasteiger partial charge in [-0.05, 0) is 48.4 Å².